The molecule has 0 saturated heterocycles. The van der Waals surface area contributed by atoms with Gasteiger partial charge in [-0.15, -0.1) is 0 Å². The summed E-state index contributed by atoms with van der Waals surface area (Å²) in [5.41, 5.74) is 0. The Morgan fingerprint density at radius 1 is 1.33 bits per heavy atom. The maximum atomic E-state index is 10.2. The van der Waals surface area contributed by atoms with Gasteiger partial charge in [0.2, 0.25) is 0 Å². The van der Waals surface area contributed by atoms with Gasteiger partial charge in [-0.3, -0.25) is 10.1 Å². The maximum Gasteiger partial charge on any atom is 0.457 e. The lowest BCUT2D eigenvalue weighted by molar-refractivity contribution is -0.118. The average molecular weight is 171 g/mol. The zero-order valence-electron chi connectivity index (χ0n) is 4.06. The molecule has 0 bridgehead atoms. The molecule has 0 spiro atoms. The zero-order valence-corrected chi connectivity index (χ0v) is 5.57. The van der Waals surface area contributed by atoms with Crippen molar-refractivity contribution in [1.29, 1.82) is 0 Å². The van der Waals surface area contributed by atoms with E-state index in [-0.39, 0.29) is 0 Å². The monoisotopic (exact) mass is 170 g/mol. The lowest BCUT2D eigenvalue weighted by atomic mass is 10.7. The number of nitrogens with one attached hydrogen (secondary N) is 1. The van der Waals surface area contributed by atoms with Crippen molar-refractivity contribution in [2.75, 3.05) is 0 Å². The third-order valence-electron chi connectivity index (χ3n) is 0.423. The second kappa shape index (κ2) is 3.53. The van der Waals surface area contributed by atoms with E-state index in [0.717, 1.165) is 0 Å². The molecule has 1 radical (unpaired) electrons. The fraction of sp³-hybridized carbons (Fsp3) is 0.333. The lowest BCUT2D eigenvalue weighted by Gasteiger charge is -1.95. The number of hydrogen-bond donors (Lipinski definition) is 1. The lowest BCUT2D eigenvalue weighted by Crippen LogP contribution is -2.32. The third-order valence-corrected chi connectivity index (χ3v) is 0.820. The number of hydrogen-bond acceptors (Lipinski definition) is 2. The normalized spacial score (nSPS) is 9.22. The van der Waals surface area contributed by atoms with Crippen molar-refractivity contribution in [3.63, 3.8) is 0 Å². The molecule has 51 valence electrons. The first-order valence-corrected chi connectivity index (χ1v) is 2.71. The number of amides is 2. The van der Waals surface area contributed by atoms with E-state index in [2.05, 4.69) is 0 Å². The van der Waals surface area contributed by atoms with Gasteiger partial charge in [-0.1, -0.05) is 23.2 Å². The van der Waals surface area contributed by atoms with Crippen molar-refractivity contribution in [3.05, 3.63) is 0 Å². The second-order valence-electron chi connectivity index (χ2n) is 1.08. The van der Waals surface area contributed by atoms with Crippen LogP contribution in [0.5, 0.6) is 0 Å². The number of alkyl halides is 2. The minimum Gasteiger partial charge on any atom is -0.271 e. The van der Waals surface area contributed by atoms with E-state index >= 15 is 0 Å². The van der Waals surface area contributed by atoms with Crippen LogP contribution < -0.4 is 5.32 Å². The quantitative estimate of drug-likeness (QED) is 0.582. The van der Waals surface area contributed by atoms with Crippen LogP contribution in [0.4, 0.5) is 4.79 Å². The molecule has 0 aliphatic heterocycles. The first kappa shape index (κ1) is 8.52. The van der Waals surface area contributed by atoms with Crippen molar-refractivity contribution in [3.8, 4) is 0 Å². The molecule has 0 heterocycles. The summed E-state index contributed by atoms with van der Waals surface area (Å²) >= 11 is 9.87. The van der Waals surface area contributed by atoms with Crippen LogP contribution in [0, 0.1) is 0 Å². The van der Waals surface area contributed by atoms with Crippen LogP contribution in [0.1, 0.15) is 0 Å². The van der Waals surface area contributed by atoms with Gasteiger partial charge < -0.3 is 0 Å². The largest absolute Gasteiger partial charge is 0.457 e. The molecule has 0 fully saturated rings. The minimum atomic E-state index is -1.72. The summed E-state index contributed by atoms with van der Waals surface area (Å²) in [6, 6.07) is 0. The zero-order chi connectivity index (χ0) is 7.44. The van der Waals surface area contributed by atoms with Crippen molar-refractivity contribution in [2.45, 2.75) is 4.84 Å². The summed E-state index contributed by atoms with van der Waals surface area (Å²) in [6.07, 6.45) is -1.72. The van der Waals surface area contributed by atoms with E-state index in [1.165, 1.54) is 5.32 Å². The molecule has 0 atom stereocenters. The van der Waals surface area contributed by atoms with Crippen LogP contribution in [-0.4, -0.2) is 16.8 Å². The molecular formula is C3H2Cl2NO3. The van der Waals surface area contributed by atoms with Crippen LogP contribution in [0.15, 0.2) is 0 Å². The summed E-state index contributed by atoms with van der Waals surface area (Å²) in [7, 11) is 0. The Kier molecular flexibility index (Phi) is 3.34. The topological polar surface area (TPSA) is 66.1 Å². The van der Waals surface area contributed by atoms with E-state index in [9.17, 15) is 14.7 Å². The molecular weight excluding hydrogens is 169 g/mol. The molecule has 6 heteroatoms. The summed E-state index contributed by atoms with van der Waals surface area (Å²) < 4.78 is 0. The Balaban J connectivity index is 3.64. The highest BCUT2D eigenvalue weighted by Gasteiger charge is 2.13. The number of rotatable bonds is 1. The third kappa shape index (κ3) is 4.05. The van der Waals surface area contributed by atoms with Crippen molar-refractivity contribution >= 4 is 35.2 Å². The molecule has 0 saturated carbocycles. The minimum absolute atomic E-state index is 1.00. The van der Waals surface area contributed by atoms with Gasteiger partial charge in [0.05, 0.1) is 0 Å². The van der Waals surface area contributed by atoms with Crippen LogP contribution in [0.25, 0.3) is 0 Å². The van der Waals surface area contributed by atoms with Gasteiger partial charge >= 0.3 is 6.09 Å². The SMILES string of the molecule is [O]C(=O)NC(=O)C(Cl)Cl. The van der Waals surface area contributed by atoms with E-state index in [4.69, 9.17) is 23.2 Å². The van der Waals surface area contributed by atoms with Crippen LogP contribution in [-0.2, 0) is 9.90 Å². The van der Waals surface area contributed by atoms with Gasteiger partial charge in [0.1, 0.15) is 0 Å². The first-order valence-electron chi connectivity index (χ1n) is 1.84. The summed E-state index contributed by atoms with van der Waals surface area (Å²) in [5.74, 6) is -1.00. The molecule has 0 aliphatic rings. The van der Waals surface area contributed by atoms with Gasteiger partial charge in [-0.2, -0.15) is 0 Å². The molecule has 2 amide bonds. The maximum absolute atomic E-state index is 10.2. The average Bonchev–Trinajstić information content (AvgIpc) is 1.63. The van der Waals surface area contributed by atoms with Crippen LogP contribution >= 0.6 is 23.2 Å². The molecule has 9 heavy (non-hydrogen) atoms. The van der Waals surface area contributed by atoms with Crippen LogP contribution in [0.3, 0.4) is 0 Å². The molecule has 4 nitrogen and oxygen atoms in total. The summed E-state index contributed by atoms with van der Waals surface area (Å²) in [6.45, 7) is 0. The van der Waals surface area contributed by atoms with E-state index in [1.807, 2.05) is 0 Å². The van der Waals surface area contributed by atoms with Crippen LogP contribution in [0.2, 0.25) is 0 Å². The number of imide groups is 1. The molecule has 0 aromatic heterocycles. The van der Waals surface area contributed by atoms with Crippen molar-refractivity contribution in [2.24, 2.45) is 0 Å². The fourth-order valence-electron chi connectivity index (χ4n) is 0.155. The van der Waals surface area contributed by atoms with Crippen molar-refractivity contribution < 1.29 is 14.7 Å². The predicted molar refractivity (Wildman–Crippen MR) is 29.7 cm³/mol. The first-order chi connectivity index (χ1) is 4.04. The number of halogens is 2. The highest BCUT2D eigenvalue weighted by molar-refractivity contribution is 6.53. The fourth-order valence-corrected chi connectivity index (χ4v) is 0.264. The Hall–Kier alpha value is -0.480. The Morgan fingerprint density at radius 2 is 1.78 bits per heavy atom. The molecule has 0 aromatic carbocycles. The van der Waals surface area contributed by atoms with E-state index in [0.29, 0.717) is 0 Å². The smallest absolute Gasteiger partial charge is 0.271 e. The Bertz CT molecular complexity index is 135. The van der Waals surface area contributed by atoms with Gasteiger partial charge in [0, 0.05) is 0 Å². The molecule has 0 aliphatic carbocycles. The summed E-state index contributed by atoms with van der Waals surface area (Å²) in [5, 5.41) is 10.9. The summed E-state index contributed by atoms with van der Waals surface area (Å²) in [4.78, 5) is 18.3. The number of carbonyl (C=O) groups is 2. The molecule has 1 N–H and O–H groups in total. The predicted octanol–water partition coefficient (Wildman–Crippen LogP) is 0.457. The molecule has 0 rings (SSSR count). The van der Waals surface area contributed by atoms with Gasteiger partial charge in [0.15, 0.2) is 4.84 Å². The highest BCUT2D eigenvalue weighted by Crippen LogP contribution is 1.99. The van der Waals surface area contributed by atoms with E-state index < -0.39 is 16.8 Å². The second-order valence-corrected chi connectivity index (χ2v) is 2.17. The standard InChI is InChI=1S/C3H2Cl2NO3/c4-1(5)2(7)6-3(8)9/h1H,(H,6,7). The van der Waals surface area contributed by atoms with Gasteiger partial charge in [-0.05, 0) is 0 Å². The molecule has 0 unspecified atom stereocenters. The Morgan fingerprint density at radius 3 is 1.89 bits per heavy atom. The van der Waals surface area contributed by atoms with E-state index in [1.54, 1.807) is 0 Å². The van der Waals surface area contributed by atoms with Gasteiger partial charge in [-0.25, -0.2) is 9.90 Å². The number of carbonyl (C=O) groups excluding carboxylic acids is 2. The van der Waals surface area contributed by atoms with Gasteiger partial charge in [0.25, 0.3) is 5.91 Å². The molecule has 0 aromatic rings. The van der Waals surface area contributed by atoms with Crippen molar-refractivity contribution in [1.82, 2.24) is 5.32 Å². The highest BCUT2D eigenvalue weighted by atomic mass is 35.5. The Labute approximate surface area is 60.7 Å².